The number of ether oxygens (including phenoxy) is 3. The maximum absolute atomic E-state index is 11.9. The maximum Gasteiger partial charge on any atom is 0.341 e. The molecule has 0 bridgehead atoms. The van der Waals surface area contributed by atoms with E-state index >= 15 is 0 Å². The van der Waals surface area contributed by atoms with Crippen LogP contribution in [0.15, 0.2) is 50.4 Å². The van der Waals surface area contributed by atoms with Crippen LogP contribution in [0, 0.1) is 0 Å². The highest BCUT2D eigenvalue weighted by Crippen LogP contribution is 2.32. The zero-order valence-corrected chi connectivity index (χ0v) is 17.8. The van der Waals surface area contributed by atoms with Crippen LogP contribution in [0.2, 0.25) is 0 Å². The monoisotopic (exact) mass is 514 g/mol. The van der Waals surface area contributed by atoms with Gasteiger partial charge in [-0.15, -0.1) is 0 Å². The molecule has 0 fully saturated rings. The number of halogens is 2. The molecule has 0 unspecified atom stereocenters. The SMILES string of the molecule is COc1ccc(OCC(=O)NN=Cc2cc(Br)cc(Br)c2OCC(=O)O)cc1. The number of methoxy groups -OCH3 is 1. The van der Waals surface area contributed by atoms with Crippen molar-refractivity contribution in [3.8, 4) is 17.2 Å². The van der Waals surface area contributed by atoms with E-state index in [1.165, 1.54) is 6.21 Å². The molecule has 0 radical (unpaired) electrons. The van der Waals surface area contributed by atoms with E-state index in [2.05, 4.69) is 42.4 Å². The normalized spacial score (nSPS) is 10.5. The van der Waals surface area contributed by atoms with Crippen molar-refractivity contribution in [3.05, 3.63) is 50.9 Å². The van der Waals surface area contributed by atoms with Gasteiger partial charge in [-0.25, -0.2) is 10.2 Å². The van der Waals surface area contributed by atoms with Crippen LogP contribution in [0.1, 0.15) is 5.56 Å². The Morgan fingerprint density at radius 3 is 2.43 bits per heavy atom. The van der Waals surface area contributed by atoms with E-state index in [4.69, 9.17) is 19.3 Å². The number of carboxylic acid groups (broad SMARTS) is 1. The first-order valence-corrected chi connectivity index (χ1v) is 9.40. The summed E-state index contributed by atoms with van der Waals surface area (Å²) in [5, 5.41) is 12.6. The quantitative estimate of drug-likeness (QED) is 0.392. The minimum Gasteiger partial charge on any atom is -0.497 e. The summed E-state index contributed by atoms with van der Waals surface area (Å²) < 4.78 is 16.9. The fourth-order valence-electron chi connectivity index (χ4n) is 1.99. The molecule has 8 nitrogen and oxygen atoms in total. The van der Waals surface area contributed by atoms with Crippen LogP contribution in [0.5, 0.6) is 17.2 Å². The van der Waals surface area contributed by atoms with Gasteiger partial charge in [-0.1, -0.05) is 15.9 Å². The second-order valence-corrected chi connectivity index (χ2v) is 7.02. The summed E-state index contributed by atoms with van der Waals surface area (Å²) in [6, 6.07) is 10.2. The van der Waals surface area contributed by atoms with Gasteiger partial charge in [-0.2, -0.15) is 5.10 Å². The Morgan fingerprint density at radius 2 is 1.79 bits per heavy atom. The zero-order valence-electron chi connectivity index (χ0n) is 14.6. The van der Waals surface area contributed by atoms with Crippen LogP contribution in [0.3, 0.4) is 0 Å². The van der Waals surface area contributed by atoms with E-state index < -0.39 is 18.5 Å². The standard InChI is InChI=1S/C18H16Br2N2O6/c1-26-13-2-4-14(5-3-13)27-9-16(23)22-21-8-11-6-12(19)7-15(20)18(11)28-10-17(24)25/h2-8H,9-10H2,1H3,(H,22,23)(H,24,25). The van der Waals surface area contributed by atoms with Gasteiger partial charge < -0.3 is 19.3 Å². The van der Waals surface area contributed by atoms with Gasteiger partial charge in [-0.05, 0) is 52.3 Å². The molecule has 10 heteroatoms. The van der Waals surface area contributed by atoms with Crippen LogP contribution in [0.4, 0.5) is 0 Å². The fourth-order valence-corrected chi connectivity index (χ4v) is 3.36. The number of rotatable bonds is 9. The Labute approximate surface area is 177 Å². The summed E-state index contributed by atoms with van der Waals surface area (Å²) in [4.78, 5) is 22.6. The molecule has 0 saturated carbocycles. The highest BCUT2D eigenvalue weighted by molar-refractivity contribution is 9.11. The van der Waals surface area contributed by atoms with E-state index in [1.807, 2.05) is 0 Å². The lowest BCUT2D eigenvalue weighted by Gasteiger charge is -2.10. The summed E-state index contributed by atoms with van der Waals surface area (Å²) >= 11 is 6.63. The number of carbonyl (C=O) groups excluding carboxylic acids is 1. The van der Waals surface area contributed by atoms with Crippen LogP contribution >= 0.6 is 31.9 Å². The lowest BCUT2D eigenvalue weighted by molar-refractivity contribution is -0.139. The van der Waals surface area contributed by atoms with Crippen molar-refractivity contribution in [2.75, 3.05) is 20.3 Å². The minimum absolute atomic E-state index is 0.228. The fraction of sp³-hybridized carbons (Fsp3) is 0.167. The van der Waals surface area contributed by atoms with Crippen molar-refractivity contribution in [3.63, 3.8) is 0 Å². The van der Waals surface area contributed by atoms with Crippen LogP contribution in [-0.4, -0.2) is 43.5 Å². The first-order chi connectivity index (χ1) is 13.4. The maximum atomic E-state index is 11.9. The van der Waals surface area contributed by atoms with E-state index in [0.29, 0.717) is 21.5 Å². The Kier molecular flexibility index (Phi) is 8.27. The van der Waals surface area contributed by atoms with Crippen molar-refractivity contribution in [2.45, 2.75) is 0 Å². The van der Waals surface area contributed by atoms with Crippen molar-refractivity contribution in [1.82, 2.24) is 5.43 Å². The molecule has 0 aromatic heterocycles. The van der Waals surface area contributed by atoms with Gasteiger partial charge in [0, 0.05) is 10.0 Å². The number of hydrogen-bond acceptors (Lipinski definition) is 6. The number of carbonyl (C=O) groups is 2. The lowest BCUT2D eigenvalue weighted by Crippen LogP contribution is -2.24. The Balaban J connectivity index is 1.95. The molecule has 0 aliphatic rings. The Morgan fingerprint density at radius 1 is 1.11 bits per heavy atom. The molecule has 2 aromatic rings. The minimum atomic E-state index is -1.11. The molecular weight excluding hydrogens is 500 g/mol. The van der Waals surface area contributed by atoms with Gasteiger partial charge in [-0.3, -0.25) is 4.79 Å². The molecule has 2 N–H and O–H groups in total. The topological polar surface area (TPSA) is 106 Å². The number of hydrazone groups is 1. The van der Waals surface area contributed by atoms with Gasteiger partial charge in [0.15, 0.2) is 13.2 Å². The first-order valence-electron chi connectivity index (χ1n) is 7.81. The molecule has 0 heterocycles. The number of aliphatic carboxylic acids is 1. The number of amides is 1. The predicted molar refractivity (Wildman–Crippen MR) is 109 cm³/mol. The third-order valence-electron chi connectivity index (χ3n) is 3.20. The number of nitrogens with one attached hydrogen (secondary N) is 1. The van der Waals surface area contributed by atoms with Gasteiger partial charge in [0.25, 0.3) is 5.91 Å². The summed E-state index contributed by atoms with van der Waals surface area (Å²) in [5.74, 6) is -0.0865. The average molecular weight is 516 g/mol. The van der Waals surface area contributed by atoms with Gasteiger partial charge in [0.05, 0.1) is 17.8 Å². The van der Waals surface area contributed by atoms with Crippen molar-refractivity contribution < 1.29 is 28.9 Å². The van der Waals surface area contributed by atoms with Crippen LogP contribution in [0.25, 0.3) is 0 Å². The van der Waals surface area contributed by atoms with Gasteiger partial charge in [0.1, 0.15) is 17.2 Å². The summed E-state index contributed by atoms with van der Waals surface area (Å²) in [6.45, 7) is -0.739. The molecule has 0 atom stereocenters. The van der Waals surface area contributed by atoms with E-state index in [9.17, 15) is 9.59 Å². The third kappa shape index (κ3) is 6.86. The Bertz CT molecular complexity index is 871. The molecule has 148 valence electrons. The lowest BCUT2D eigenvalue weighted by atomic mass is 10.2. The number of carboxylic acids is 1. The van der Waals surface area contributed by atoms with Crippen LogP contribution in [-0.2, 0) is 9.59 Å². The van der Waals surface area contributed by atoms with Crippen molar-refractivity contribution in [1.29, 1.82) is 0 Å². The van der Waals surface area contributed by atoms with E-state index in [0.717, 1.165) is 4.47 Å². The predicted octanol–water partition coefficient (Wildman–Crippen LogP) is 3.21. The third-order valence-corrected chi connectivity index (χ3v) is 4.25. The van der Waals surface area contributed by atoms with Gasteiger partial charge in [0.2, 0.25) is 0 Å². The molecule has 0 saturated heterocycles. The zero-order chi connectivity index (χ0) is 20.5. The summed E-state index contributed by atoms with van der Waals surface area (Å²) in [6.07, 6.45) is 1.35. The number of nitrogens with zero attached hydrogens (tertiary/aromatic N) is 1. The van der Waals surface area contributed by atoms with Crippen molar-refractivity contribution >= 4 is 50.0 Å². The van der Waals surface area contributed by atoms with E-state index in [-0.39, 0.29) is 12.4 Å². The molecular formula is C18H16Br2N2O6. The molecule has 2 rings (SSSR count). The molecule has 0 aliphatic heterocycles. The molecule has 0 spiro atoms. The summed E-state index contributed by atoms with van der Waals surface area (Å²) in [7, 11) is 1.56. The molecule has 1 amide bonds. The first kappa shape index (κ1) is 21.7. The largest absolute Gasteiger partial charge is 0.497 e. The highest BCUT2D eigenvalue weighted by Gasteiger charge is 2.11. The molecule has 28 heavy (non-hydrogen) atoms. The number of hydrogen-bond donors (Lipinski definition) is 2. The molecule has 2 aromatic carbocycles. The molecule has 0 aliphatic carbocycles. The van der Waals surface area contributed by atoms with Gasteiger partial charge >= 0.3 is 5.97 Å². The second kappa shape index (κ2) is 10.7. The Hall–Kier alpha value is -2.59. The second-order valence-electron chi connectivity index (χ2n) is 5.25. The highest BCUT2D eigenvalue weighted by atomic mass is 79.9. The van der Waals surface area contributed by atoms with E-state index in [1.54, 1.807) is 43.5 Å². The summed E-state index contributed by atoms with van der Waals surface area (Å²) in [5.41, 5.74) is 2.80. The number of benzene rings is 2. The average Bonchev–Trinajstić information content (AvgIpc) is 2.65. The van der Waals surface area contributed by atoms with Crippen LogP contribution < -0.4 is 19.6 Å². The smallest absolute Gasteiger partial charge is 0.341 e. The van der Waals surface area contributed by atoms with Crippen molar-refractivity contribution in [2.24, 2.45) is 5.10 Å².